The zero-order valence-corrected chi connectivity index (χ0v) is 36.6. The number of anilines is 4. The van der Waals surface area contributed by atoms with Crippen molar-refractivity contribution in [1.82, 2.24) is 0 Å². The number of hydrogen-bond acceptors (Lipinski definition) is 2. The van der Waals surface area contributed by atoms with Gasteiger partial charge in [-0.15, -0.1) is 0 Å². The Morgan fingerprint density at radius 3 is 1.52 bits per heavy atom. The van der Waals surface area contributed by atoms with Gasteiger partial charge in [-0.05, 0) is 119 Å². The van der Waals surface area contributed by atoms with Gasteiger partial charge in [0.2, 0.25) is 0 Å². The molecule has 2 nitrogen and oxygen atoms in total. The molecule has 308 valence electrons. The molecule has 1 aliphatic carbocycles. The number of unbranched alkanes of at least 4 members (excludes halogenated alkanes) is 10. The molecule has 0 fully saturated rings. The molecule has 8 rings (SSSR count). The van der Waals surface area contributed by atoms with Gasteiger partial charge in [0, 0.05) is 46.8 Å². The van der Waals surface area contributed by atoms with E-state index < -0.39 is 0 Å². The highest BCUT2D eigenvalue weighted by Crippen LogP contribution is 2.56. The van der Waals surface area contributed by atoms with Crippen LogP contribution in [-0.2, 0) is 5.41 Å². The maximum absolute atomic E-state index is 2.64. The Bertz CT molecular complexity index is 2260. The van der Waals surface area contributed by atoms with Crippen LogP contribution >= 0.6 is 0 Å². The quantitative estimate of drug-likeness (QED) is 0.0711. The molecule has 0 aromatic heterocycles. The molecule has 0 bridgehead atoms. The van der Waals surface area contributed by atoms with Gasteiger partial charge < -0.3 is 9.80 Å². The fraction of sp³-hybridized carbons (Fsp3) is 0.345. The molecular formula is C58H66N2. The van der Waals surface area contributed by atoms with Crippen LogP contribution in [-0.4, -0.2) is 13.1 Å². The zero-order chi connectivity index (χ0) is 41.2. The van der Waals surface area contributed by atoms with Gasteiger partial charge in [-0.2, -0.15) is 0 Å². The van der Waals surface area contributed by atoms with Crippen molar-refractivity contribution in [3.63, 3.8) is 0 Å². The summed E-state index contributed by atoms with van der Waals surface area (Å²) in [4.78, 5) is 4.85. The Balaban J connectivity index is 1.19. The predicted octanol–water partition coefficient (Wildman–Crippen LogP) is 16.9. The van der Waals surface area contributed by atoms with Crippen LogP contribution in [0.25, 0.3) is 27.8 Å². The van der Waals surface area contributed by atoms with E-state index in [9.17, 15) is 0 Å². The largest absolute Gasteiger partial charge is 0.368 e. The number of benzene rings is 6. The number of fused-ring (bicyclic) bond motifs is 4. The summed E-state index contributed by atoms with van der Waals surface area (Å²) in [6, 6.07) is 54.8. The first-order chi connectivity index (χ1) is 29.6. The molecule has 0 saturated heterocycles. The zero-order valence-electron chi connectivity index (χ0n) is 36.6. The van der Waals surface area contributed by atoms with E-state index in [0.717, 1.165) is 24.5 Å². The Hall–Kier alpha value is -5.34. The van der Waals surface area contributed by atoms with Gasteiger partial charge in [0.25, 0.3) is 0 Å². The Labute approximate surface area is 362 Å². The molecule has 0 atom stereocenters. The average molecular weight is 791 g/mol. The molecular weight excluding hydrogens is 725 g/mol. The van der Waals surface area contributed by atoms with Gasteiger partial charge in [0.05, 0.1) is 0 Å². The third kappa shape index (κ3) is 8.76. The second-order valence-electron chi connectivity index (χ2n) is 17.4. The molecule has 1 aliphatic heterocycles. The second kappa shape index (κ2) is 19.8. The highest BCUT2D eigenvalue weighted by Gasteiger charge is 2.43. The van der Waals surface area contributed by atoms with Gasteiger partial charge in [-0.1, -0.05) is 188 Å². The molecule has 0 amide bonds. The highest BCUT2D eigenvalue weighted by atomic mass is 15.1. The molecule has 2 aliphatic rings. The van der Waals surface area contributed by atoms with Crippen LogP contribution < -0.4 is 9.80 Å². The van der Waals surface area contributed by atoms with Crippen LogP contribution in [0.2, 0.25) is 0 Å². The molecule has 0 spiro atoms. The lowest BCUT2D eigenvalue weighted by atomic mass is 9.69. The summed E-state index contributed by atoms with van der Waals surface area (Å²) in [5.74, 6) is 0. The SMILES string of the molecule is CCCCCCCCC1(CCCCCCCC)c2cc(C3=CCN(CC)c4ccccc43)ccc2-c2ccc(-c3ccc(N(c4ccccc4)c4ccccc4)cc3)cc21. The van der Waals surface area contributed by atoms with Crippen molar-refractivity contribution < 1.29 is 0 Å². The van der Waals surface area contributed by atoms with Crippen molar-refractivity contribution in [2.45, 2.75) is 116 Å². The lowest BCUT2D eigenvalue weighted by Gasteiger charge is -2.34. The number of para-hydroxylation sites is 3. The predicted molar refractivity (Wildman–Crippen MR) is 260 cm³/mol. The van der Waals surface area contributed by atoms with Crippen LogP contribution in [0.5, 0.6) is 0 Å². The first-order valence-electron chi connectivity index (χ1n) is 23.5. The molecule has 6 aromatic rings. The molecule has 6 aromatic carbocycles. The van der Waals surface area contributed by atoms with Gasteiger partial charge in [-0.25, -0.2) is 0 Å². The van der Waals surface area contributed by atoms with Crippen molar-refractivity contribution in [2.75, 3.05) is 22.9 Å². The van der Waals surface area contributed by atoms with Crippen molar-refractivity contribution in [1.29, 1.82) is 0 Å². The van der Waals surface area contributed by atoms with Crippen molar-refractivity contribution in [2.24, 2.45) is 0 Å². The van der Waals surface area contributed by atoms with E-state index in [0.29, 0.717) is 0 Å². The molecule has 60 heavy (non-hydrogen) atoms. The Morgan fingerprint density at radius 1 is 0.450 bits per heavy atom. The van der Waals surface area contributed by atoms with Gasteiger partial charge in [0.15, 0.2) is 0 Å². The molecule has 2 heteroatoms. The number of hydrogen-bond donors (Lipinski definition) is 0. The monoisotopic (exact) mass is 791 g/mol. The summed E-state index contributed by atoms with van der Waals surface area (Å²) >= 11 is 0. The minimum Gasteiger partial charge on any atom is -0.368 e. The lowest BCUT2D eigenvalue weighted by Crippen LogP contribution is -2.27. The Morgan fingerprint density at radius 2 is 0.933 bits per heavy atom. The van der Waals surface area contributed by atoms with E-state index in [4.69, 9.17) is 0 Å². The summed E-state index contributed by atoms with van der Waals surface area (Å²) < 4.78 is 0. The van der Waals surface area contributed by atoms with E-state index in [1.165, 1.54) is 140 Å². The first kappa shape index (κ1) is 41.4. The van der Waals surface area contributed by atoms with Crippen LogP contribution in [0.15, 0.2) is 152 Å². The molecule has 0 saturated carbocycles. The van der Waals surface area contributed by atoms with Crippen molar-refractivity contribution in [3.05, 3.63) is 174 Å². The summed E-state index contributed by atoms with van der Waals surface area (Å²) in [6.07, 6.45) is 20.7. The van der Waals surface area contributed by atoms with E-state index in [1.54, 1.807) is 11.1 Å². The maximum Gasteiger partial charge on any atom is 0.0462 e. The fourth-order valence-electron chi connectivity index (χ4n) is 10.3. The molecule has 0 radical (unpaired) electrons. The summed E-state index contributed by atoms with van der Waals surface area (Å²) in [5.41, 5.74) is 17.6. The minimum atomic E-state index is -0.00619. The number of likely N-dealkylation sites (N-methyl/N-ethyl adjacent to an activating group) is 1. The summed E-state index contributed by atoms with van der Waals surface area (Å²) in [7, 11) is 0. The number of rotatable bonds is 20. The van der Waals surface area contributed by atoms with Crippen molar-refractivity contribution in [3.8, 4) is 22.3 Å². The molecule has 1 heterocycles. The van der Waals surface area contributed by atoms with Gasteiger partial charge >= 0.3 is 0 Å². The minimum absolute atomic E-state index is 0.00619. The van der Waals surface area contributed by atoms with Crippen LogP contribution in [0.4, 0.5) is 22.7 Å². The second-order valence-corrected chi connectivity index (χ2v) is 17.4. The normalized spacial score (nSPS) is 13.7. The third-order valence-corrected chi connectivity index (χ3v) is 13.5. The van der Waals surface area contributed by atoms with E-state index in [-0.39, 0.29) is 5.41 Å². The van der Waals surface area contributed by atoms with E-state index in [1.807, 2.05) is 0 Å². The smallest absolute Gasteiger partial charge is 0.0462 e. The third-order valence-electron chi connectivity index (χ3n) is 13.5. The topological polar surface area (TPSA) is 6.48 Å². The van der Waals surface area contributed by atoms with Crippen LogP contribution in [0.1, 0.15) is 133 Å². The molecule has 0 unspecified atom stereocenters. The summed E-state index contributed by atoms with van der Waals surface area (Å²) in [6.45, 7) is 8.90. The van der Waals surface area contributed by atoms with Crippen molar-refractivity contribution >= 4 is 28.3 Å². The molecule has 0 N–H and O–H groups in total. The van der Waals surface area contributed by atoms with Gasteiger partial charge in [-0.3, -0.25) is 0 Å². The maximum atomic E-state index is 2.64. The van der Waals surface area contributed by atoms with Crippen LogP contribution in [0, 0.1) is 0 Å². The lowest BCUT2D eigenvalue weighted by molar-refractivity contribution is 0.398. The van der Waals surface area contributed by atoms with E-state index >= 15 is 0 Å². The van der Waals surface area contributed by atoms with Gasteiger partial charge in [0.1, 0.15) is 0 Å². The highest BCUT2D eigenvalue weighted by molar-refractivity contribution is 5.92. The standard InChI is InChI=1S/C58H66N2/c1-4-7-9-11-13-23-40-58(41-24-14-12-10-8-5-2)55-43-46(45-31-35-50(36-32-45)60(48-25-17-15-18-26-48)49-27-19-16-20-28-49)33-37-52(55)53-38-34-47(44-56(53)58)51-39-42-59(6-3)57-30-22-21-29-54(51)57/h15-22,25-39,43-44H,4-14,23-24,40-42H2,1-3H3. The first-order valence-corrected chi connectivity index (χ1v) is 23.5. The number of nitrogens with zero attached hydrogens (tertiary/aromatic N) is 2. The fourth-order valence-corrected chi connectivity index (χ4v) is 10.3. The summed E-state index contributed by atoms with van der Waals surface area (Å²) in [5, 5.41) is 0. The van der Waals surface area contributed by atoms with E-state index in [2.05, 4.69) is 182 Å². The Kier molecular flexibility index (Phi) is 13.7. The average Bonchev–Trinajstić information content (AvgIpc) is 3.57. The van der Waals surface area contributed by atoms with Crippen LogP contribution in [0.3, 0.4) is 0 Å².